The number of sulfonamides is 1. The van der Waals surface area contributed by atoms with Gasteiger partial charge in [-0.2, -0.15) is 5.10 Å². The molecule has 172 valence electrons. The molecule has 2 rings (SSSR count). The van der Waals surface area contributed by atoms with Gasteiger partial charge in [0.2, 0.25) is 10.0 Å². The Labute approximate surface area is 186 Å². The van der Waals surface area contributed by atoms with E-state index >= 15 is 0 Å². The molecule has 2 aromatic carbocycles. The Hall–Kier alpha value is -3.60. The number of rotatable bonds is 9. The SMILES string of the molecule is CCc1ccccc1N(CC(=O)NN=Cc1ccc(OC(=O)OC)c(OC)c1)S(C)(=O)=O. The number of carbonyl (C=O) groups is 2. The predicted octanol–water partition coefficient (Wildman–Crippen LogP) is 2.32. The molecule has 0 unspecified atom stereocenters. The monoisotopic (exact) mass is 463 g/mol. The molecule has 0 spiro atoms. The minimum absolute atomic E-state index is 0.152. The van der Waals surface area contributed by atoms with Crippen LogP contribution in [0.15, 0.2) is 47.6 Å². The van der Waals surface area contributed by atoms with Crippen molar-refractivity contribution in [2.24, 2.45) is 5.10 Å². The summed E-state index contributed by atoms with van der Waals surface area (Å²) in [5.41, 5.74) is 4.10. The average molecular weight is 464 g/mol. The number of para-hydroxylation sites is 1. The fourth-order valence-electron chi connectivity index (χ4n) is 2.76. The van der Waals surface area contributed by atoms with Crippen molar-refractivity contribution in [3.63, 3.8) is 0 Å². The van der Waals surface area contributed by atoms with Crippen molar-refractivity contribution in [2.75, 3.05) is 31.3 Å². The average Bonchev–Trinajstić information content (AvgIpc) is 2.77. The molecule has 10 nitrogen and oxygen atoms in total. The predicted molar refractivity (Wildman–Crippen MR) is 120 cm³/mol. The number of hydrazone groups is 1. The molecule has 0 fully saturated rings. The second-order valence-corrected chi connectivity index (χ2v) is 8.42. The van der Waals surface area contributed by atoms with E-state index in [2.05, 4.69) is 15.3 Å². The Bertz CT molecular complexity index is 1100. The molecule has 0 aliphatic carbocycles. The molecule has 1 amide bonds. The van der Waals surface area contributed by atoms with Gasteiger partial charge in [0, 0.05) is 0 Å². The summed E-state index contributed by atoms with van der Waals surface area (Å²) in [6.45, 7) is 1.47. The van der Waals surface area contributed by atoms with Crippen LogP contribution >= 0.6 is 0 Å². The second-order valence-electron chi connectivity index (χ2n) is 6.51. The highest BCUT2D eigenvalue weighted by Crippen LogP contribution is 2.28. The Morgan fingerprint density at radius 2 is 1.84 bits per heavy atom. The van der Waals surface area contributed by atoms with Crippen LogP contribution in [0.5, 0.6) is 11.5 Å². The largest absolute Gasteiger partial charge is 0.513 e. The highest BCUT2D eigenvalue weighted by molar-refractivity contribution is 7.92. The number of nitrogens with one attached hydrogen (secondary N) is 1. The van der Waals surface area contributed by atoms with Crippen LogP contribution in [0, 0.1) is 0 Å². The van der Waals surface area contributed by atoms with Gasteiger partial charge in [-0.3, -0.25) is 9.10 Å². The van der Waals surface area contributed by atoms with E-state index < -0.39 is 28.6 Å². The number of amides is 1. The van der Waals surface area contributed by atoms with Crippen molar-refractivity contribution in [1.29, 1.82) is 0 Å². The fourth-order valence-corrected chi connectivity index (χ4v) is 3.65. The zero-order valence-electron chi connectivity index (χ0n) is 18.2. The van der Waals surface area contributed by atoms with Crippen molar-refractivity contribution in [3.05, 3.63) is 53.6 Å². The summed E-state index contributed by atoms with van der Waals surface area (Å²) in [6.07, 6.45) is 2.10. The number of benzene rings is 2. The smallest absolute Gasteiger partial charge is 0.493 e. The summed E-state index contributed by atoms with van der Waals surface area (Å²) < 4.78 is 40.2. The van der Waals surface area contributed by atoms with Gasteiger partial charge in [-0.1, -0.05) is 25.1 Å². The molecule has 0 saturated heterocycles. The maximum absolute atomic E-state index is 12.4. The van der Waals surface area contributed by atoms with E-state index in [1.807, 2.05) is 19.1 Å². The first-order chi connectivity index (χ1) is 15.2. The maximum Gasteiger partial charge on any atom is 0.513 e. The Balaban J connectivity index is 2.11. The molecule has 11 heteroatoms. The molecule has 0 heterocycles. The van der Waals surface area contributed by atoms with Crippen LogP contribution in [0.2, 0.25) is 0 Å². The Morgan fingerprint density at radius 1 is 1.12 bits per heavy atom. The number of ether oxygens (including phenoxy) is 3. The Kier molecular flexibility index (Phi) is 8.59. The topological polar surface area (TPSA) is 124 Å². The van der Waals surface area contributed by atoms with Crippen LogP contribution in [-0.2, 0) is 26.0 Å². The summed E-state index contributed by atoms with van der Waals surface area (Å²) in [6, 6.07) is 11.6. The van der Waals surface area contributed by atoms with Crippen molar-refractivity contribution in [3.8, 4) is 11.5 Å². The first kappa shape index (κ1) is 24.7. The number of hydrogen-bond donors (Lipinski definition) is 1. The minimum Gasteiger partial charge on any atom is -0.493 e. The van der Waals surface area contributed by atoms with Crippen molar-refractivity contribution in [2.45, 2.75) is 13.3 Å². The molecule has 0 aromatic heterocycles. The lowest BCUT2D eigenvalue weighted by molar-refractivity contribution is -0.119. The molecule has 0 aliphatic heterocycles. The molecular weight excluding hydrogens is 438 g/mol. The number of anilines is 1. The first-order valence-electron chi connectivity index (χ1n) is 9.51. The van der Waals surface area contributed by atoms with E-state index in [-0.39, 0.29) is 11.5 Å². The van der Waals surface area contributed by atoms with E-state index in [1.165, 1.54) is 32.6 Å². The lowest BCUT2D eigenvalue weighted by atomic mass is 10.1. The molecule has 32 heavy (non-hydrogen) atoms. The van der Waals surface area contributed by atoms with Crippen LogP contribution in [0.1, 0.15) is 18.1 Å². The molecule has 0 saturated carbocycles. The van der Waals surface area contributed by atoms with Crippen LogP contribution < -0.4 is 19.2 Å². The minimum atomic E-state index is -3.70. The number of hydrogen-bond acceptors (Lipinski definition) is 8. The van der Waals surface area contributed by atoms with Gasteiger partial charge < -0.3 is 14.2 Å². The molecular formula is C21H25N3O7S. The van der Waals surface area contributed by atoms with Gasteiger partial charge in [0.05, 0.1) is 32.4 Å². The van der Waals surface area contributed by atoms with Gasteiger partial charge in [0.15, 0.2) is 11.5 Å². The zero-order chi connectivity index (χ0) is 23.7. The van der Waals surface area contributed by atoms with Gasteiger partial charge in [-0.15, -0.1) is 0 Å². The normalized spacial score (nSPS) is 11.1. The van der Waals surface area contributed by atoms with E-state index in [1.54, 1.807) is 18.2 Å². The van der Waals surface area contributed by atoms with Gasteiger partial charge in [-0.05, 0) is 41.8 Å². The first-order valence-corrected chi connectivity index (χ1v) is 11.4. The third kappa shape index (κ3) is 6.71. The Morgan fingerprint density at radius 3 is 2.47 bits per heavy atom. The molecule has 0 aliphatic rings. The molecule has 1 N–H and O–H groups in total. The third-order valence-electron chi connectivity index (χ3n) is 4.28. The highest BCUT2D eigenvalue weighted by Gasteiger charge is 2.22. The lowest BCUT2D eigenvalue weighted by Gasteiger charge is -2.23. The molecule has 0 radical (unpaired) electrons. The quantitative estimate of drug-likeness (QED) is 0.262. The van der Waals surface area contributed by atoms with Crippen LogP contribution in [-0.4, -0.2) is 53.7 Å². The van der Waals surface area contributed by atoms with Gasteiger partial charge in [-0.25, -0.2) is 18.6 Å². The highest BCUT2D eigenvalue weighted by atomic mass is 32.2. The summed E-state index contributed by atoms with van der Waals surface area (Å²) in [5.74, 6) is -0.209. The lowest BCUT2D eigenvalue weighted by Crippen LogP contribution is -2.39. The standard InChI is InChI=1S/C21H25N3O7S/c1-5-16-8-6-7-9-17(16)24(32(4,27)28)14-20(25)23-22-13-15-10-11-18(19(12-15)29-2)31-21(26)30-3/h6-13H,5,14H2,1-4H3,(H,23,25). The summed E-state index contributed by atoms with van der Waals surface area (Å²) in [7, 11) is -1.11. The molecule has 0 bridgehead atoms. The van der Waals surface area contributed by atoms with Gasteiger partial charge in [0.25, 0.3) is 5.91 Å². The maximum atomic E-state index is 12.4. The number of methoxy groups -OCH3 is 2. The summed E-state index contributed by atoms with van der Waals surface area (Å²) >= 11 is 0. The van der Waals surface area contributed by atoms with Crippen LogP contribution in [0.4, 0.5) is 10.5 Å². The van der Waals surface area contributed by atoms with Crippen molar-refractivity contribution >= 4 is 34.0 Å². The zero-order valence-corrected chi connectivity index (χ0v) is 19.0. The summed E-state index contributed by atoms with van der Waals surface area (Å²) in [4.78, 5) is 23.6. The van der Waals surface area contributed by atoms with E-state index in [0.29, 0.717) is 17.7 Å². The molecule has 0 atom stereocenters. The van der Waals surface area contributed by atoms with Crippen LogP contribution in [0.25, 0.3) is 0 Å². The summed E-state index contributed by atoms with van der Waals surface area (Å²) in [5, 5.41) is 3.86. The number of carbonyl (C=O) groups excluding carboxylic acids is 2. The van der Waals surface area contributed by atoms with Crippen molar-refractivity contribution in [1.82, 2.24) is 5.43 Å². The van der Waals surface area contributed by atoms with Crippen LogP contribution in [0.3, 0.4) is 0 Å². The number of nitrogens with zero attached hydrogens (tertiary/aromatic N) is 2. The fraction of sp³-hybridized carbons (Fsp3) is 0.286. The van der Waals surface area contributed by atoms with E-state index in [4.69, 9.17) is 9.47 Å². The van der Waals surface area contributed by atoms with Gasteiger partial charge in [0.1, 0.15) is 6.54 Å². The van der Waals surface area contributed by atoms with Crippen molar-refractivity contribution < 1.29 is 32.2 Å². The van der Waals surface area contributed by atoms with E-state index in [0.717, 1.165) is 16.1 Å². The third-order valence-corrected chi connectivity index (χ3v) is 5.41. The number of aryl methyl sites for hydroxylation is 1. The van der Waals surface area contributed by atoms with E-state index in [9.17, 15) is 18.0 Å². The second kappa shape index (κ2) is 11.1. The molecule has 2 aromatic rings. The van der Waals surface area contributed by atoms with Gasteiger partial charge >= 0.3 is 6.16 Å².